The molecule has 0 amide bonds. The third kappa shape index (κ3) is 2.91. The molecular formula is C14H14FNO2. The molecule has 0 heterocycles. The number of nitrogens with two attached hydrogens (primary N) is 1. The molecule has 0 aliphatic carbocycles. The number of rotatable bonds is 4. The molecule has 0 atom stereocenters. The van der Waals surface area contributed by atoms with Gasteiger partial charge in [-0.1, -0.05) is 12.1 Å². The minimum absolute atomic E-state index is 0.152. The summed E-state index contributed by atoms with van der Waals surface area (Å²) in [6, 6.07) is 11.7. The lowest BCUT2D eigenvalue weighted by Gasteiger charge is -2.08. The zero-order valence-electron chi connectivity index (χ0n) is 10.0. The van der Waals surface area contributed by atoms with Crippen LogP contribution < -0.4 is 15.2 Å². The summed E-state index contributed by atoms with van der Waals surface area (Å²) >= 11 is 0. The topological polar surface area (TPSA) is 44.5 Å². The van der Waals surface area contributed by atoms with Crippen molar-refractivity contribution in [2.75, 3.05) is 12.8 Å². The molecule has 0 aliphatic heterocycles. The van der Waals surface area contributed by atoms with Crippen LogP contribution in [-0.4, -0.2) is 7.11 Å². The van der Waals surface area contributed by atoms with Crippen molar-refractivity contribution >= 4 is 5.69 Å². The molecule has 3 nitrogen and oxygen atoms in total. The van der Waals surface area contributed by atoms with Gasteiger partial charge in [-0.15, -0.1) is 0 Å². The molecule has 0 aliphatic rings. The normalized spacial score (nSPS) is 10.1. The van der Waals surface area contributed by atoms with Crippen LogP contribution in [0.1, 0.15) is 5.56 Å². The molecule has 0 spiro atoms. The van der Waals surface area contributed by atoms with E-state index in [2.05, 4.69) is 0 Å². The van der Waals surface area contributed by atoms with Crippen molar-refractivity contribution in [3.8, 4) is 11.5 Å². The molecule has 0 radical (unpaired) electrons. The van der Waals surface area contributed by atoms with Gasteiger partial charge in [0.15, 0.2) is 0 Å². The van der Waals surface area contributed by atoms with Crippen molar-refractivity contribution < 1.29 is 13.9 Å². The number of methoxy groups -OCH3 is 1. The second-order valence-corrected chi connectivity index (χ2v) is 3.82. The Morgan fingerprint density at radius 1 is 1.11 bits per heavy atom. The molecule has 18 heavy (non-hydrogen) atoms. The second-order valence-electron chi connectivity index (χ2n) is 3.82. The van der Waals surface area contributed by atoms with Crippen LogP contribution in [0.2, 0.25) is 0 Å². The molecule has 2 aromatic carbocycles. The maximum Gasteiger partial charge on any atom is 0.131 e. The van der Waals surface area contributed by atoms with Gasteiger partial charge in [-0.2, -0.15) is 0 Å². The summed E-state index contributed by atoms with van der Waals surface area (Å²) in [5.41, 5.74) is 6.34. The van der Waals surface area contributed by atoms with Crippen molar-refractivity contribution in [2.24, 2.45) is 0 Å². The number of nitrogen functional groups attached to an aromatic ring is 1. The van der Waals surface area contributed by atoms with Crippen molar-refractivity contribution in [3.63, 3.8) is 0 Å². The van der Waals surface area contributed by atoms with Gasteiger partial charge in [0.25, 0.3) is 0 Å². The summed E-state index contributed by atoms with van der Waals surface area (Å²) in [5.74, 6) is 0.966. The highest BCUT2D eigenvalue weighted by molar-refractivity contribution is 5.40. The second kappa shape index (κ2) is 5.40. The van der Waals surface area contributed by atoms with Gasteiger partial charge in [-0.25, -0.2) is 4.39 Å². The third-order valence-corrected chi connectivity index (χ3v) is 2.51. The van der Waals surface area contributed by atoms with Crippen LogP contribution in [0.4, 0.5) is 10.1 Å². The number of hydrogen-bond acceptors (Lipinski definition) is 3. The summed E-state index contributed by atoms with van der Waals surface area (Å²) in [4.78, 5) is 0. The van der Waals surface area contributed by atoms with Gasteiger partial charge in [-0.05, 0) is 24.3 Å². The quantitative estimate of drug-likeness (QED) is 0.845. The van der Waals surface area contributed by atoms with E-state index in [1.165, 1.54) is 6.07 Å². The Morgan fingerprint density at radius 3 is 2.61 bits per heavy atom. The summed E-state index contributed by atoms with van der Waals surface area (Å²) in [7, 11) is 1.58. The molecular weight excluding hydrogens is 233 g/mol. The standard InChI is InChI=1S/C14H14FNO2/c1-17-12-3-2-4-13(8-12)18-9-10-5-6-11(16)7-14(10)15/h2-8H,9,16H2,1H3. The van der Waals surface area contributed by atoms with Crippen molar-refractivity contribution in [2.45, 2.75) is 6.61 Å². The van der Waals surface area contributed by atoms with Gasteiger partial charge in [0.1, 0.15) is 23.9 Å². The smallest absolute Gasteiger partial charge is 0.131 e. The lowest BCUT2D eigenvalue weighted by molar-refractivity contribution is 0.297. The third-order valence-electron chi connectivity index (χ3n) is 2.51. The number of hydrogen-bond donors (Lipinski definition) is 1. The van der Waals surface area contributed by atoms with Crippen molar-refractivity contribution in [1.29, 1.82) is 0 Å². The van der Waals surface area contributed by atoms with E-state index in [0.29, 0.717) is 22.7 Å². The summed E-state index contributed by atoms with van der Waals surface area (Å²) in [6.45, 7) is 0.152. The van der Waals surface area contributed by atoms with E-state index in [-0.39, 0.29) is 12.4 Å². The van der Waals surface area contributed by atoms with Gasteiger partial charge in [0.05, 0.1) is 7.11 Å². The predicted molar refractivity (Wildman–Crippen MR) is 68.1 cm³/mol. The molecule has 0 fully saturated rings. The van der Waals surface area contributed by atoms with Crippen LogP contribution in [-0.2, 0) is 6.61 Å². The molecule has 0 saturated heterocycles. The number of benzene rings is 2. The molecule has 0 unspecified atom stereocenters. The average molecular weight is 247 g/mol. The molecule has 2 N–H and O–H groups in total. The Morgan fingerprint density at radius 2 is 1.89 bits per heavy atom. The number of anilines is 1. The largest absolute Gasteiger partial charge is 0.497 e. The minimum atomic E-state index is -0.363. The molecule has 2 aromatic rings. The number of halogens is 1. The Balaban J connectivity index is 2.06. The van der Waals surface area contributed by atoms with Gasteiger partial charge in [-0.3, -0.25) is 0 Å². The Bertz CT molecular complexity index is 543. The molecule has 2 rings (SSSR count). The summed E-state index contributed by atoms with van der Waals surface area (Å²) in [5, 5.41) is 0. The van der Waals surface area contributed by atoms with E-state index in [1.54, 1.807) is 31.4 Å². The van der Waals surface area contributed by atoms with E-state index < -0.39 is 0 Å². The van der Waals surface area contributed by atoms with Gasteiger partial charge < -0.3 is 15.2 Å². The van der Waals surface area contributed by atoms with Crippen LogP contribution in [0.5, 0.6) is 11.5 Å². The average Bonchev–Trinajstić information content (AvgIpc) is 2.38. The van der Waals surface area contributed by atoms with Crippen molar-refractivity contribution in [1.82, 2.24) is 0 Å². The van der Waals surface area contributed by atoms with Gasteiger partial charge in [0.2, 0.25) is 0 Å². The zero-order chi connectivity index (χ0) is 13.0. The molecule has 94 valence electrons. The Kier molecular flexibility index (Phi) is 3.67. The molecule has 0 bridgehead atoms. The fourth-order valence-corrected chi connectivity index (χ4v) is 1.53. The van der Waals surface area contributed by atoms with Crippen LogP contribution in [0.25, 0.3) is 0 Å². The predicted octanol–water partition coefficient (Wildman–Crippen LogP) is 3.00. The fraction of sp³-hybridized carbons (Fsp3) is 0.143. The van der Waals surface area contributed by atoms with Crippen LogP contribution in [0.3, 0.4) is 0 Å². The van der Waals surface area contributed by atoms with E-state index in [9.17, 15) is 4.39 Å². The highest BCUT2D eigenvalue weighted by Gasteiger charge is 2.04. The Labute approximate surface area is 105 Å². The van der Waals surface area contributed by atoms with E-state index in [1.807, 2.05) is 12.1 Å². The first-order valence-corrected chi connectivity index (χ1v) is 5.50. The van der Waals surface area contributed by atoms with Gasteiger partial charge >= 0.3 is 0 Å². The fourth-order valence-electron chi connectivity index (χ4n) is 1.53. The first kappa shape index (κ1) is 12.2. The van der Waals surface area contributed by atoms with E-state index in [4.69, 9.17) is 15.2 Å². The highest BCUT2D eigenvalue weighted by Crippen LogP contribution is 2.21. The highest BCUT2D eigenvalue weighted by atomic mass is 19.1. The molecule has 0 saturated carbocycles. The molecule has 4 heteroatoms. The monoisotopic (exact) mass is 247 g/mol. The van der Waals surface area contributed by atoms with Crippen LogP contribution >= 0.6 is 0 Å². The Hall–Kier alpha value is -2.23. The lowest BCUT2D eigenvalue weighted by atomic mass is 10.2. The number of ether oxygens (including phenoxy) is 2. The molecule has 0 aromatic heterocycles. The van der Waals surface area contributed by atoms with Gasteiger partial charge in [0, 0.05) is 17.3 Å². The van der Waals surface area contributed by atoms with Crippen LogP contribution in [0, 0.1) is 5.82 Å². The maximum absolute atomic E-state index is 13.5. The van der Waals surface area contributed by atoms with E-state index in [0.717, 1.165) is 0 Å². The first-order chi connectivity index (χ1) is 8.69. The minimum Gasteiger partial charge on any atom is -0.497 e. The summed E-state index contributed by atoms with van der Waals surface area (Å²) in [6.07, 6.45) is 0. The SMILES string of the molecule is COc1cccc(OCc2ccc(N)cc2F)c1. The summed E-state index contributed by atoms with van der Waals surface area (Å²) < 4.78 is 24.1. The lowest BCUT2D eigenvalue weighted by Crippen LogP contribution is -1.99. The maximum atomic E-state index is 13.5. The van der Waals surface area contributed by atoms with E-state index >= 15 is 0 Å². The van der Waals surface area contributed by atoms with Crippen molar-refractivity contribution in [3.05, 3.63) is 53.8 Å². The van der Waals surface area contributed by atoms with Crippen LogP contribution in [0.15, 0.2) is 42.5 Å². The first-order valence-electron chi connectivity index (χ1n) is 5.50. The zero-order valence-corrected chi connectivity index (χ0v) is 10.0.